The maximum atomic E-state index is 13.5. The summed E-state index contributed by atoms with van der Waals surface area (Å²) in [5.41, 5.74) is 0.120. The van der Waals surface area contributed by atoms with Crippen LogP contribution in [-0.4, -0.2) is 350 Å². The van der Waals surface area contributed by atoms with Crippen molar-refractivity contribution in [2.24, 2.45) is 0 Å². The van der Waals surface area contributed by atoms with E-state index in [1.54, 1.807) is 35.3 Å². The fourth-order valence-corrected chi connectivity index (χ4v) is 18.5. The zero-order chi connectivity index (χ0) is 88.4. The maximum absolute atomic E-state index is 13.5. The summed E-state index contributed by atoms with van der Waals surface area (Å²) in [4.78, 5) is 186. The lowest BCUT2D eigenvalue weighted by atomic mass is 10.0. The van der Waals surface area contributed by atoms with E-state index in [-0.39, 0.29) is 258 Å². The van der Waals surface area contributed by atoms with E-state index >= 15 is 0 Å². The van der Waals surface area contributed by atoms with Crippen LogP contribution in [0.4, 0.5) is 14.4 Å². The van der Waals surface area contributed by atoms with Gasteiger partial charge in [0, 0.05) is 128 Å². The Hall–Kier alpha value is -8.64. The Morgan fingerprint density at radius 2 is 0.553 bits per heavy atom. The van der Waals surface area contributed by atoms with Gasteiger partial charge in [0.2, 0.25) is 35.4 Å². The van der Waals surface area contributed by atoms with E-state index in [0.717, 1.165) is 55.8 Å². The first-order valence-corrected chi connectivity index (χ1v) is 45.3. The lowest BCUT2D eigenvalue weighted by molar-refractivity contribution is -0.143. The molecule has 123 heavy (non-hydrogen) atoms. The Bertz CT molecular complexity index is 3570. The number of carboxylic acid groups (broad SMARTS) is 3. The standard InChI is InChI=1S/C78H123N15O27S3/c94-61(13-4-1-10-58-67-55(46-121-58)88-76(109)91-67)85-52(73(103)104)43-64(97)79-16-7-22-112-28-34-118-35-29-113-23-8-17-82-70(100)49-40-50(71(101)83-18-9-24-114-30-36-119-37-31-115-25-19-80-65(98)44-53(74(105)106)86-62(95)14-5-2-11-59-68-56(47-122-59)89-77(110)92-68)42-51(41-49)72(102)84-21-27-117-33-39-120-38-32-116-26-20-81-66(99)45-54(75(107)108)87-63(96)15-6-3-12-60-69-57(48-123-60)90-78(111)93-69/h40-42,52-60,67-69H,1-39,43-48H2,(H,79,97)(H,80,98)(H,81,99)(H,82,100)(H,83,101)(H,84,102)(H,85,94)(H,86,95)(H,87,96)(H,103,104)(H,105,106)(H,107,108)(H2,88,91,109)(H2,89,92,110)(H2,90,93,111). The summed E-state index contributed by atoms with van der Waals surface area (Å²) < 4.78 is 50.2. The number of benzene rings is 1. The van der Waals surface area contributed by atoms with Crippen LogP contribution in [0.2, 0.25) is 0 Å². The number of carboxylic acids is 3. The summed E-state index contributed by atoms with van der Waals surface area (Å²) in [6, 6.07) is -0.0928. The number of carbonyl (C=O) groups is 15. The predicted octanol–water partition coefficient (Wildman–Crippen LogP) is -1.40. The number of carbonyl (C=O) groups excluding carboxylic acids is 12. The SMILES string of the molecule is O=C(CC(NC(=O)CCCCC1SCC2NC(=O)NC21)C(=O)O)NCCCOCCOCCOCCCNC(=O)c1cc(C(=O)NCCCOCCOCCOCCNC(=O)CC(NC(=O)CCCCC2SCC3NC(=O)NC32)C(=O)O)cc(C(=O)NCCOCCOCCOCCNC(=O)CC(NC(=O)CCCCC2SCC3NC(=O)NC32)C(=O)O)c1. The van der Waals surface area contributed by atoms with Gasteiger partial charge in [0.25, 0.3) is 17.7 Å². The van der Waals surface area contributed by atoms with Gasteiger partial charge in [0.05, 0.1) is 155 Å². The smallest absolute Gasteiger partial charge is 0.326 e. The summed E-state index contributed by atoms with van der Waals surface area (Å²) in [6.07, 6.45) is 6.42. The van der Waals surface area contributed by atoms with Gasteiger partial charge in [-0.1, -0.05) is 19.3 Å². The van der Waals surface area contributed by atoms with Crippen molar-refractivity contribution in [3.63, 3.8) is 0 Å². The molecule has 690 valence electrons. The van der Waals surface area contributed by atoms with Gasteiger partial charge in [-0.25, -0.2) is 28.8 Å². The van der Waals surface area contributed by atoms with Gasteiger partial charge in [-0.05, 0) is 76.0 Å². The van der Waals surface area contributed by atoms with Crippen LogP contribution in [0.3, 0.4) is 0 Å². The molecule has 0 radical (unpaired) electrons. The second kappa shape index (κ2) is 58.5. The molecular weight excluding hydrogens is 1680 g/mol. The first-order valence-electron chi connectivity index (χ1n) is 42.1. The molecule has 1 aromatic rings. The minimum atomic E-state index is -1.40. The Labute approximate surface area is 726 Å². The third-order valence-corrected chi connectivity index (χ3v) is 24.7. The molecule has 6 heterocycles. The van der Waals surface area contributed by atoms with Crippen molar-refractivity contribution in [1.82, 2.24) is 79.8 Å². The summed E-state index contributed by atoms with van der Waals surface area (Å²) in [5.74, 6) is -6.27. The lowest BCUT2D eigenvalue weighted by Gasteiger charge is -2.17. The Morgan fingerprint density at radius 3 is 0.837 bits per heavy atom. The highest BCUT2D eigenvalue weighted by molar-refractivity contribution is 8.00. The predicted molar refractivity (Wildman–Crippen MR) is 448 cm³/mol. The highest BCUT2D eigenvalue weighted by Crippen LogP contribution is 2.36. The average Bonchev–Trinajstić information content (AvgIpc) is 1.48. The molecule has 7 rings (SSSR count). The largest absolute Gasteiger partial charge is 0.480 e. The van der Waals surface area contributed by atoms with Crippen molar-refractivity contribution in [3.05, 3.63) is 34.9 Å². The molecule has 0 saturated carbocycles. The van der Waals surface area contributed by atoms with E-state index < -0.39 is 108 Å². The fraction of sp³-hybridized carbons (Fsp3) is 0.731. The minimum absolute atomic E-state index is 0.0309. The topological polar surface area (TPSA) is 580 Å². The molecule has 45 heteroatoms. The number of hydrogen-bond donors (Lipinski definition) is 18. The molecule has 6 aliphatic rings. The number of ether oxygens (including phenoxy) is 9. The maximum Gasteiger partial charge on any atom is 0.326 e. The van der Waals surface area contributed by atoms with Crippen LogP contribution in [0.25, 0.3) is 0 Å². The monoisotopic (exact) mass is 1800 g/mol. The number of fused-ring (bicyclic) bond motifs is 3. The second-order valence-corrected chi connectivity index (χ2v) is 33.6. The number of unbranched alkanes of at least 4 members (excludes halogenated alkanes) is 3. The summed E-state index contributed by atoms with van der Waals surface area (Å²) in [6.45, 7) is 4.59. The first-order chi connectivity index (χ1) is 59.5. The number of rotatable bonds is 69. The van der Waals surface area contributed by atoms with Crippen molar-refractivity contribution < 1.29 is 130 Å². The Balaban J connectivity index is 0.707. The van der Waals surface area contributed by atoms with Gasteiger partial charge < -0.3 is 138 Å². The number of urea groups is 3. The lowest BCUT2D eigenvalue weighted by Crippen LogP contribution is -2.44. The molecule has 42 nitrogen and oxygen atoms in total. The molecule has 6 saturated heterocycles. The van der Waals surface area contributed by atoms with E-state index in [0.29, 0.717) is 45.1 Å². The molecule has 0 bridgehead atoms. The van der Waals surface area contributed by atoms with Gasteiger partial charge in [-0.3, -0.25) is 43.2 Å². The Kier molecular flexibility index (Phi) is 48.3. The molecule has 6 fully saturated rings. The second-order valence-electron chi connectivity index (χ2n) is 29.8. The molecule has 12 atom stereocenters. The third kappa shape index (κ3) is 40.5. The summed E-state index contributed by atoms with van der Waals surface area (Å²) in [5, 5.41) is 70.6. The third-order valence-electron chi connectivity index (χ3n) is 20.2. The first kappa shape index (κ1) is 101. The van der Waals surface area contributed by atoms with Gasteiger partial charge in [0.15, 0.2) is 0 Å². The van der Waals surface area contributed by atoms with Crippen LogP contribution in [0.15, 0.2) is 18.2 Å². The van der Waals surface area contributed by atoms with Crippen LogP contribution >= 0.6 is 35.3 Å². The quantitative estimate of drug-likeness (QED) is 0.0263. The molecule has 18 N–H and O–H groups in total. The van der Waals surface area contributed by atoms with E-state index in [4.69, 9.17) is 42.6 Å². The van der Waals surface area contributed by atoms with Gasteiger partial charge in [-0.15, -0.1) is 0 Å². The zero-order valence-electron chi connectivity index (χ0n) is 69.3. The van der Waals surface area contributed by atoms with E-state index in [9.17, 15) is 87.2 Å². The molecular formula is C78H123N15O27S3. The molecule has 12 unspecified atom stereocenters. The van der Waals surface area contributed by atoms with Crippen molar-refractivity contribution in [1.29, 1.82) is 0 Å². The van der Waals surface area contributed by atoms with Gasteiger partial charge >= 0.3 is 36.0 Å². The normalized spacial score (nSPS) is 20.3. The highest BCUT2D eigenvalue weighted by atomic mass is 32.2. The number of aliphatic carboxylic acids is 3. The van der Waals surface area contributed by atoms with Crippen LogP contribution in [-0.2, 0) is 85.8 Å². The highest BCUT2D eigenvalue weighted by Gasteiger charge is 2.45. The number of thioether (sulfide) groups is 3. The molecule has 15 amide bonds. The summed E-state index contributed by atoms with van der Waals surface area (Å²) >= 11 is 5.32. The van der Waals surface area contributed by atoms with Crippen LogP contribution in [0, 0.1) is 0 Å². The van der Waals surface area contributed by atoms with Crippen molar-refractivity contribution >= 4 is 124 Å². The zero-order valence-corrected chi connectivity index (χ0v) is 71.8. The van der Waals surface area contributed by atoms with Gasteiger partial charge in [-0.2, -0.15) is 35.3 Å². The molecule has 0 spiro atoms. The molecule has 0 aliphatic carbocycles. The number of hydrogen-bond acceptors (Lipinski definition) is 27. The van der Waals surface area contributed by atoms with Crippen molar-refractivity contribution in [3.8, 4) is 0 Å². The van der Waals surface area contributed by atoms with Crippen molar-refractivity contribution in [2.75, 3.05) is 175 Å². The summed E-state index contributed by atoms with van der Waals surface area (Å²) in [7, 11) is 0. The average molecular weight is 1800 g/mol. The van der Waals surface area contributed by atoms with Crippen LogP contribution < -0.4 is 79.8 Å². The van der Waals surface area contributed by atoms with Crippen LogP contribution in [0.1, 0.15) is 147 Å². The molecule has 0 aromatic heterocycles. The van der Waals surface area contributed by atoms with Crippen molar-refractivity contribution in [2.45, 2.75) is 186 Å². The number of nitrogens with one attached hydrogen (secondary N) is 15. The fourth-order valence-electron chi connectivity index (χ4n) is 13.9. The van der Waals surface area contributed by atoms with Crippen LogP contribution in [0.5, 0.6) is 0 Å². The Morgan fingerprint density at radius 1 is 0.309 bits per heavy atom. The van der Waals surface area contributed by atoms with Gasteiger partial charge in [0.1, 0.15) is 18.1 Å². The molecule has 1 aromatic carbocycles. The molecule has 6 aliphatic heterocycles. The van der Waals surface area contributed by atoms with E-state index in [1.165, 1.54) is 18.2 Å². The number of amides is 15. The van der Waals surface area contributed by atoms with E-state index in [2.05, 4.69) is 79.8 Å². The van der Waals surface area contributed by atoms with E-state index in [1.807, 2.05) is 0 Å². The minimum Gasteiger partial charge on any atom is -0.480 e.